The molecule has 3 rings (SSSR count). The molecule has 8 heteroatoms. The molecular formula is C16H15N5O3+2. The number of aromatic amines is 1. The fourth-order valence-corrected chi connectivity index (χ4v) is 2.28. The Labute approximate surface area is 136 Å². The van der Waals surface area contributed by atoms with Crippen LogP contribution in [0.1, 0.15) is 21.7 Å². The maximum absolute atomic E-state index is 12.4. The van der Waals surface area contributed by atoms with E-state index < -0.39 is 5.91 Å². The lowest BCUT2D eigenvalue weighted by atomic mass is 10.2. The molecule has 1 aromatic carbocycles. The van der Waals surface area contributed by atoms with Gasteiger partial charge >= 0.3 is 5.69 Å². The van der Waals surface area contributed by atoms with Crippen molar-refractivity contribution in [3.8, 4) is 0 Å². The molecule has 0 saturated heterocycles. The van der Waals surface area contributed by atoms with E-state index in [1.807, 2.05) is 0 Å². The number of carbonyl (C=O) groups is 1. The van der Waals surface area contributed by atoms with E-state index in [1.54, 1.807) is 55.7 Å². The van der Waals surface area contributed by atoms with E-state index in [-0.39, 0.29) is 11.2 Å². The van der Waals surface area contributed by atoms with Crippen LogP contribution in [0, 0.1) is 11.8 Å². The van der Waals surface area contributed by atoms with E-state index in [2.05, 4.69) is 15.5 Å². The summed E-state index contributed by atoms with van der Waals surface area (Å²) < 4.78 is 1.57. The fourth-order valence-electron chi connectivity index (χ4n) is 2.28. The zero-order chi connectivity index (χ0) is 17.1. The molecule has 2 aromatic heterocycles. The number of benzene rings is 1. The van der Waals surface area contributed by atoms with Gasteiger partial charge in [0.15, 0.2) is 17.9 Å². The van der Waals surface area contributed by atoms with Crippen LogP contribution in [-0.2, 0) is 0 Å². The first-order valence-corrected chi connectivity index (χ1v) is 7.15. The monoisotopic (exact) mass is 325 g/mol. The van der Waals surface area contributed by atoms with Crippen LogP contribution in [-0.4, -0.2) is 22.1 Å². The first kappa shape index (κ1) is 15.3. The summed E-state index contributed by atoms with van der Waals surface area (Å²) in [6.45, 7) is 1.58. The van der Waals surface area contributed by atoms with E-state index in [0.29, 0.717) is 21.2 Å². The van der Waals surface area contributed by atoms with Crippen molar-refractivity contribution < 1.29 is 19.4 Å². The fraction of sp³-hybridized carbons (Fsp3) is 0.0625. The SMILES string of the molecule is Cc1c(/C=N/NC(=O)c2cc[nH+]cc2)[n+](=O)c2ccccc2n1O. The number of H-pyrrole nitrogens is 1. The van der Waals surface area contributed by atoms with Gasteiger partial charge in [-0.2, -0.15) is 9.83 Å². The van der Waals surface area contributed by atoms with E-state index in [0.717, 1.165) is 4.73 Å². The largest absolute Gasteiger partial charge is 0.428 e. The summed E-state index contributed by atoms with van der Waals surface area (Å²) in [5.41, 5.74) is 3.86. The first-order chi connectivity index (χ1) is 11.6. The van der Waals surface area contributed by atoms with Gasteiger partial charge in [-0.3, -0.25) is 4.79 Å². The molecule has 0 aliphatic carbocycles. The van der Waals surface area contributed by atoms with Crippen molar-refractivity contribution in [2.24, 2.45) is 5.10 Å². The highest BCUT2D eigenvalue weighted by molar-refractivity contribution is 5.94. The minimum Gasteiger partial charge on any atom is -0.428 e. The Kier molecular flexibility index (Phi) is 4.02. The minimum atomic E-state index is -0.409. The van der Waals surface area contributed by atoms with E-state index >= 15 is 0 Å². The van der Waals surface area contributed by atoms with Crippen LogP contribution >= 0.6 is 0 Å². The summed E-state index contributed by atoms with van der Waals surface area (Å²) in [7, 11) is 0. The van der Waals surface area contributed by atoms with Crippen molar-refractivity contribution in [2.75, 3.05) is 0 Å². The number of carbonyl (C=O) groups excluding carboxylic acids is 1. The van der Waals surface area contributed by atoms with E-state index in [9.17, 15) is 14.9 Å². The number of nitrogens with one attached hydrogen (secondary N) is 2. The number of pyridine rings is 1. The van der Waals surface area contributed by atoms with Crippen LogP contribution in [0.5, 0.6) is 0 Å². The van der Waals surface area contributed by atoms with Gasteiger partial charge in [-0.1, -0.05) is 12.1 Å². The topological polar surface area (TPSA) is 104 Å². The van der Waals surface area contributed by atoms with Crippen molar-refractivity contribution in [3.05, 3.63) is 70.7 Å². The number of fused-ring (bicyclic) bond motifs is 1. The third kappa shape index (κ3) is 2.72. The average molecular weight is 325 g/mol. The molecule has 0 fully saturated rings. The maximum atomic E-state index is 12.4. The highest BCUT2D eigenvalue weighted by Gasteiger charge is 2.20. The molecule has 0 spiro atoms. The van der Waals surface area contributed by atoms with Crippen LogP contribution in [0.15, 0.2) is 53.9 Å². The molecule has 0 aliphatic heterocycles. The zero-order valence-corrected chi connectivity index (χ0v) is 12.8. The lowest BCUT2D eigenvalue weighted by molar-refractivity contribution is -0.467. The normalized spacial score (nSPS) is 11.0. The highest BCUT2D eigenvalue weighted by atomic mass is 16.5. The molecule has 0 bridgehead atoms. The first-order valence-electron chi connectivity index (χ1n) is 7.15. The molecule has 0 atom stereocenters. The van der Waals surface area contributed by atoms with Crippen LogP contribution in [0.2, 0.25) is 0 Å². The number of aromatic nitrogens is 3. The van der Waals surface area contributed by atoms with Crippen LogP contribution in [0.3, 0.4) is 0 Å². The molecule has 3 N–H and O–H groups in total. The molecule has 1 amide bonds. The Balaban J connectivity index is 1.93. The number of hydrogen-bond acceptors (Lipinski definition) is 4. The Morgan fingerprint density at radius 3 is 2.75 bits per heavy atom. The van der Waals surface area contributed by atoms with Crippen LogP contribution in [0.25, 0.3) is 11.0 Å². The second-order valence-electron chi connectivity index (χ2n) is 5.05. The zero-order valence-electron chi connectivity index (χ0n) is 12.8. The Hall–Kier alpha value is -3.55. The number of rotatable bonds is 3. The molecule has 3 aromatic rings. The van der Waals surface area contributed by atoms with Gasteiger partial charge in [-0.25, -0.2) is 10.4 Å². The smallest absolute Gasteiger partial charge is 0.305 e. The van der Waals surface area contributed by atoms with Gasteiger partial charge in [0.2, 0.25) is 0 Å². The van der Waals surface area contributed by atoms with Gasteiger partial charge in [-0.05, 0) is 13.0 Å². The number of hydrazone groups is 1. The lowest BCUT2D eigenvalue weighted by Gasteiger charge is -2.03. The molecule has 2 heterocycles. The van der Waals surface area contributed by atoms with Gasteiger partial charge in [0.05, 0.1) is 9.99 Å². The minimum absolute atomic E-state index is 0.123. The number of nitrogens with zero attached hydrogens (tertiary/aromatic N) is 3. The van der Waals surface area contributed by atoms with E-state index in [1.165, 1.54) is 6.21 Å². The van der Waals surface area contributed by atoms with Crippen LogP contribution in [0.4, 0.5) is 0 Å². The van der Waals surface area contributed by atoms with Crippen molar-refractivity contribution in [2.45, 2.75) is 6.92 Å². The maximum Gasteiger partial charge on any atom is 0.305 e. The predicted octanol–water partition coefficient (Wildman–Crippen LogP) is 0.680. The van der Waals surface area contributed by atoms with Gasteiger partial charge in [0, 0.05) is 23.1 Å². The summed E-state index contributed by atoms with van der Waals surface area (Å²) >= 11 is 0. The summed E-state index contributed by atoms with van der Waals surface area (Å²) in [5, 5.41) is 14.0. The number of hydrogen-bond donors (Lipinski definition) is 2. The Bertz CT molecular complexity index is 996. The van der Waals surface area contributed by atoms with E-state index in [4.69, 9.17) is 0 Å². The number of amides is 1. The molecular weight excluding hydrogens is 310 g/mol. The summed E-state index contributed by atoms with van der Waals surface area (Å²) in [6.07, 6.45) is 4.44. The molecule has 0 radical (unpaired) electrons. The Morgan fingerprint density at radius 1 is 1.29 bits per heavy atom. The second kappa shape index (κ2) is 6.29. The predicted molar refractivity (Wildman–Crippen MR) is 85.3 cm³/mol. The average Bonchev–Trinajstić information content (AvgIpc) is 2.63. The molecule has 0 aliphatic rings. The molecule has 120 valence electrons. The van der Waals surface area contributed by atoms with Crippen LogP contribution < -0.4 is 14.8 Å². The molecule has 0 unspecified atom stereocenters. The standard InChI is InChI=1S/C16H13N5O3/c1-11-15(10-18-19-16(22)12-6-8-17-9-7-12)21(24)14-5-3-2-4-13(14)20(11)23/h2-10,23H,1H3/p+2/b18-10+. The Morgan fingerprint density at radius 2 is 2.00 bits per heavy atom. The van der Waals surface area contributed by atoms with Crippen molar-refractivity contribution in [1.82, 2.24) is 10.2 Å². The quantitative estimate of drug-likeness (QED) is 0.320. The molecule has 8 nitrogen and oxygen atoms in total. The van der Waals surface area contributed by atoms with Crippen molar-refractivity contribution in [1.29, 1.82) is 0 Å². The van der Waals surface area contributed by atoms with Crippen molar-refractivity contribution >= 4 is 23.2 Å². The van der Waals surface area contributed by atoms with Gasteiger partial charge in [-0.15, -0.1) is 0 Å². The summed E-state index contributed by atoms with van der Waals surface area (Å²) in [5.74, 6) is -0.409. The van der Waals surface area contributed by atoms with Crippen molar-refractivity contribution in [3.63, 3.8) is 0 Å². The second-order valence-corrected chi connectivity index (χ2v) is 5.05. The van der Waals surface area contributed by atoms with Gasteiger partial charge in [0.1, 0.15) is 11.9 Å². The third-order valence-electron chi connectivity index (χ3n) is 3.57. The highest BCUT2D eigenvalue weighted by Crippen LogP contribution is 2.11. The molecule has 24 heavy (non-hydrogen) atoms. The summed E-state index contributed by atoms with van der Waals surface area (Å²) in [4.78, 5) is 27.2. The molecule has 0 saturated carbocycles. The summed E-state index contributed by atoms with van der Waals surface area (Å²) in [6, 6.07) is 9.83. The lowest BCUT2D eigenvalue weighted by Crippen LogP contribution is -2.28. The van der Waals surface area contributed by atoms with Gasteiger partial charge < -0.3 is 5.21 Å². The third-order valence-corrected chi connectivity index (χ3v) is 3.57. The number of para-hydroxylation sites is 2. The van der Waals surface area contributed by atoms with Gasteiger partial charge in [0.25, 0.3) is 11.4 Å².